The van der Waals surface area contributed by atoms with Crippen LogP contribution in [0.1, 0.15) is 50.1 Å². The first-order valence-electron chi connectivity index (χ1n) is 9.72. The number of nitriles is 9. The predicted molar refractivity (Wildman–Crippen MR) is 113 cm³/mol. The second-order valence-corrected chi connectivity index (χ2v) is 7.10. The summed E-state index contributed by atoms with van der Waals surface area (Å²) in [6.07, 6.45) is -11.4. The maximum absolute atomic E-state index is 14.2. The van der Waals surface area contributed by atoms with Crippen LogP contribution in [0.3, 0.4) is 0 Å². The van der Waals surface area contributed by atoms with Gasteiger partial charge >= 0.3 is 12.4 Å². The Hall–Kier alpha value is -6.83. The summed E-state index contributed by atoms with van der Waals surface area (Å²) in [7, 11) is 0. The highest BCUT2D eigenvalue weighted by molar-refractivity contribution is 5.86. The van der Waals surface area contributed by atoms with Gasteiger partial charge in [0.25, 0.3) is 0 Å². The SMILES string of the molecule is N#CC(C#N)=c1c(C#N)c(C#N)c(=C(C#N)c2cc(C#N)c(C(F)(F)F)c(C#N)c2C(F)(F)F)c(C#N)c1C#N. The molecule has 0 fully saturated rings. The van der Waals surface area contributed by atoms with E-state index in [1.807, 2.05) is 0 Å². The van der Waals surface area contributed by atoms with Crippen LogP contribution in [-0.4, -0.2) is 0 Å². The van der Waals surface area contributed by atoms with Gasteiger partial charge in [-0.05, 0) is 6.07 Å². The van der Waals surface area contributed by atoms with Crippen molar-refractivity contribution in [2.24, 2.45) is 0 Å². The molecular formula is C25HF6N9. The molecule has 0 heterocycles. The first kappa shape index (κ1) is 29.4. The Morgan fingerprint density at radius 1 is 0.500 bits per heavy atom. The lowest BCUT2D eigenvalue weighted by Crippen LogP contribution is -2.30. The number of nitrogens with zero attached hydrogens (tertiary/aromatic N) is 9. The van der Waals surface area contributed by atoms with Crippen LogP contribution in [0.4, 0.5) is 26.3 Å². The minimum absolute atomic E-state index is 0.0263. The molecule has 0 aliphatic rings. The molecule has 0 aromatic heterocycles. The molecule has 2 aromatic carbocycles. The lowest BCUT2D eigenvalue weighted by molar-refractivity contribution is -0.143. The Labute approximate surface area is 218 Å². The Morgan fingerprint density at radius 2 is 0.900 bits per heavy atom. The zero-order valence-electron chi connectivity index (χ0n) is 18.9. The van der Waals surface area contributed by atoms with E-state index in [1.54, 1.807) is 0 Å². The van der Waals surface area contributed by atoms with E-state index >= 15 is 0 Å². The maximum Gasteiger partial charge on any atom is 0.418 e. The average molecular weight is 541 g/mol. The normalized spacial score (nSPS) is 10.0. The zero-order chi connectivity index (χ0) is 30.6. The van der Waals surface area contributed by atoms with E-state index in [4.69, 9.17) is 0 Å². The van der Waals surface area contributed by atoms with Crippen molar-refractivity contribution in [3.05, 3.63) is 66.6 Å². The van der Waals surface area contributed by atoms with Gasteiger partial charge in [0.1, 0.15) is 54.1 Å². The van der Waals surface area contributed by atoms with Crippen LogP contribution < -0.4 is 10.4 Å². The quantitative estimate of drug-likeness (QED) is 0.484. The fourth-order valence-electron chi connectivity index (χ4n) is 3.75. The van der Waals surface area contributed by atoms with Gasteiger partial charge < -0.3 is 0 Å². The van der Waals surface area contributed by atoms with Gasteiger partial charge in [-0.2, -0.15) is 73.7 Å². The summed E-state index contributed by atoms with van der Waals surface area (Å²) in [4.78, 5) is 0. The van der Waals surface area contributed by atoms with Gasteiger partial charge in [0.05, 0.1) is 56.1 Å². The van der Waals surface area contributed by atoms with Crippen LogP contribution in [-0.2, 0) is 12.4 Å². The number of rotatable bonds is 1. The summed E-state index contributed by atoms with van der Waals surface area (Å²) in [5, 5.41) is 83.9. The number of hydrogen-bond donors (Lipinski definition) is 0. The molecule has 15 heteroatoms. The van der Waals surface area contributed by atoms with Crippen LogP contribution in [0.25, 0.3) is 11.1 Å². The van der Waals surface area contributed by atoms with Gasteiger partial charge in [-0.15, -0.1) is 0 Å². The van der Waals surface area contributed by atoms with Crippen molar-refractivity contribution in [1.29, 1.82) is 47.4 Å². The molecule has 0 bridgehead atoms. The molecule has 0 atom stereocenters. The predicted octanol–water partition coefficient (Wildman–Crippen LogP) is 2.87. The number of benzene rings is 2. The molecule has 9 nitrogen and oxygen atoms in total. The third-order valence-electron chi connectivity index (χ3n) is 5.18. The lowest BCUT2D eigenvalue weighted by Gasteiger charge is -2.20. The van der Waals surface area contributed by atoms with Crippen LogP contribution in [0.5, 0.6) is 0 Å². The first-order chi connectivity index (χ1) is 18.8. The van der Waals surface area contributed by atoms with Crippen molar-refractivity contribution in [2.75, 3.05) is 0 Å². The van der Waals surface area contributed by atoms with Crippen LogP contribution in [0, 0.1) is 102 Å². The van der Waals surface area contributed by atoms with E-state index in [1.165, 1.54) is 42.5 Å². The smallest absolute Gasteiger partial charge is 0.192 e. The van der Waals surface area contributed by atoms with E-state index in [0.29, 0.717) is 0 Å². The highest BCUT2D eigenvalue weighted by Gasteiger charge is 2.45. The highest BCUT2D eigenvalue weighted by atomic mass is 19.4. The maximum atomic E-state index is 14.2. The van der Waals surface area contributed by atoms with Crippen molar-refractivity contribution in [2.45, 2.75) is 12.4 Å². The topological polar surface area (TPSA) is 214 Å². The number of alkyl halides is 6. The van der Waals surface area contributed by atoms with Gasteiger partial charge in [0.15, 0.2) is 0 Å². The first-order valence-corrected chi connectivity index (χ1v) is 9.72. The second-order valence-electron chi connectivity index (χ2n) is 7.10. The molecule has 0 radical (unpaired) electrons. The van der Waals surface area contributed by atoms with Crippen molar-refractivity contribution in [1.82, 2.24) is 0 Å². The monoisotopic (exact) mass is 541 g/mol. The molecule has 0 unspecified atom stereocenters. The summed E-state index contributed by atoms with van der Waals surface area (Å²) in [6.45, 7) is 0. The Kier molecular flexibility index (Phi) is 7.83. The molecule has 2 aromatic rings. The largest absolute Gasteiger partial charge is 0.418 e. The molecule has 0 aliphatic heterocycles. The van der Waals surface area contributed by atoms with Crippen molar-refractivity contribution < 1.29 is 26.3 Å². The fourth-order valence-corrected chi connectivity index (χ4v) is 3.75. The second kappa shape index (κ2) is 10.7. The molecular weight excluding hydrogens is 540 g/mol. The average Bonchev–Trinajstić information content (AvgIpc) is 2.91. The lowest BCUT2D eigenvalue weighted by atomic mass is 9.84. The van der Waals surface area contributed by atoms with Gasteiger partial charge in [0.2, 0.25) is 0 Å². The Bertz CT molecular complexity index is 1950. The summed E-state index contributed by atoms with van der Waals surface area (Å²) in [5.41, 5.74) is -16.3. The summed E-state index contributed by atoms with van der Waals surface area (Å²) < 4.78 is 83.6. The van der Waals surface area contributed by atoms with Crippen molar-refractivity contribution in [3.63, 3.8) is 0 Å². The molecule has 0 N–H and O–H groups in total. The van der Waals surface area contributed by atoms with E-state index in [2.05, 4.69) is 0 Å². The molecule has 40 heavy (non-hydrogen) atoms. The van der Waals surface area contributed by atoms with Crippen molar-refractivity contribution in [3.8, 4) is 54.6 Å². The molecule has 0 aliphatic carbocycles. The third-order valence-corrected chi connectivity index (χ3v) is 5.18. The van der Waals surface area contributed by atoms with Crippen molar-refractivity contribution >= 4 is 11.1 Å². The summed E-state index contributed by atoms with van der Waals surface area (Å²) in [6, 6.07) is 11.0. The zero-order valence-corrected chi connectivity index (χ0v) is 18.9. The van der Waals surface area contributed by atoms with Crippen LogP contribution in [0.2, 0.25) is 0 Å². The van der Waals surface area contributed by atoms with E-state index < -0.39 is 84.0 Å². The number of hydrogen-bond acceptors (Lipinski definition) is 9. The number of halogens is 6. The molecule has 188 valence electrons. The molecule has 0 amide bonds. The van der Waals surface area contributed by atoms with E-state index in [0.717, 1.165) is 12.1 Å². The summed E-state index contributed by atoms with van der Waals surface area (Å²) >= 11 is 0. The van der Waals surface area contributed by atoms with Crippen LogP contribution in [0.15, 0.2) is 6.07 Å². The highest BCUT2D eigenvalue weighted by Crippen LogP contribution is 2.44. The minimum atomic E-state index is -5.80. The van der Waals surface area contributed by atoms with Gasteiger partial charge in [-0.3, -0.25) is 0 Å². The van der Waals surface area contributed by atoms with E-state index in [9.17, 15) is 73.7 Å². The van der Waals surface area contributed by atoms with Gasteiger partial charge in [0, 0.05) is 16.0 Å². The van der Waals surface area contributed by atoms with Gasteiger partial charge in [-0.1, -0.05) is 0 Å². The fraction of sp³-hybridized carbons (Fsp3) is 0.0800. The Morgan fingerprint density at radius 3 is 1.20 bits per heavy atom. The molecule has 0 spiro atoms. The standard InChI is InChI=1S/C25HF6N9/c26-24(27,28)22-11(2-32)1-13(23(19(22)10-40)25(29,30)31)14(5-35)21-17(8-38)15(6-36)20(12(3-33)4-34)16(7-37)18(21)9-39/h1H. The van der Waals surface area contributed by atoms with Crippen LogP contribution >= 0.6 is 0 Å². The van der Waals surface area contributed by atoms with Gasteiger partial charge in [-0.25, -0.2) is 0 Å². The van der Waals surface area contributed by atoms with E-state index in [-0.39, 0.29) is 6.07 Å². The molecule has 0 saturated heterocycles. The Balaban J connectivity index is 3.73. The third kappa shape index (κ3) is 4.53. The molecule has 2 rings (SSSR count). The summed E-state index contributed by atoms with van der Waals surface area (Å²) in [5.74, 6) is 0. The molecule has 0 saturated carbocycles. The minimum Gasteiger partial charge on any atom is -0.192 e.